The summed E-state index contributed by atoms with van der Waals surface area (Å²) in [4.78, 5) is 12.6. The molecule has 0 bridgehead atoms. The SMILES string of the molecule is CC1CC(NCCC2CCCN2)NC(NC(=O)NC2CCC3CCCCC3C2)N1. The number of carbonyl (C=O) groups is 1. The summed E-state index contributed by atoms with van der Waals surface area (Å²) in [5.74, 6) is 1.75. The van der Waals surface area contributed by atoms with Crippen molar-refractivity contribution >= 4 is 6.03 Å². The summed E-state index contributed by atoms with van der Waals surface area (Å²) in [6.07, 6.45) is 14.0. The molecule has 166 valence electrons. The smallest absolute Gasteiger partial charge is 0.317 e. The Labute approximate surface area is 176 Å². The van der Waals surface area contributed by atoms with Crippen LogP contribution in [0.5, 0.6) is 0 Å². The number of fused-ring (bicyclic) bond motifs is 1. The fourth-order valence-electron chi connectivity index (χ4n) is 6.05. The molecule has 2 saturated carbocycles. The van der Waals surface area contributed by atoms with E-state index in [1.807, 2.05) is 0 Å². The molecule has 0 radical (unpaired) electrons. The maximum atomic E-state index is 12.6. The Bertz CT molecular complexity index is 525. The van der Waals surface area contributed by atoms with Crippen LogP contribution in [-0.4, -0.2) is 49.7 Å². The average Bonchev–Trinajstić information content (AvgIpc) is 3.21. The topological polar surface area (TPSA) is 89.2 Å². The molecule has 2 aliphatic carbocycles. The van der Waals surface area contributed by atoms with E-state index in [4.69, 9.17) is 0 Å². The number of amides is 2. The number of rotatable bonds is 6. The van der Waals surface area contributed by atoms with Crippen LogP contribution >= 0.6 is 0 Å². The van der Waals surface area contributed by atoms with Gasteiger partial charge in [0.2, 0.25) is 0 Å². The lowest BCUT2D eigenvalue weighted by atomic mass is 9.69. The van der Waals surface area contributed by atoms with Gasteiger partial charge in [-0.2, -0.15) is 0 Å². The van der Waals surface area contributed by atoms with Gasteiger partial charge in [-0.1, -0.05) is 25.7 Å². The maximum absolute atomic E-state index is 12.6. The molecule has 7 heteroatoms. The van der Waals surface area contributed by atoms with Crippen LogP contribution < -0.4 is 31.9 Å². The molecule has 2 heterocycles. The van der Waals surface area contributed by atoms with Gasteiger partial charge in [0, 0.05) is 18.1 Å². The van der Waals surface area contributed by atoms with E-state index in [2.05, 4.69) is 38.8 Å². The van der Waals surface area contributed by atoms with Crippen molar-refractivity contribution < 1.29 is 4.79 Å². The molecule has 4 aliphatic rings. The minimum atomic E-state index is -0.188. The van der Waals surface area contributed by atoms with Gasteiger partial charge in [0.1, 0.15) is 6.29 Å². The molecular weight excluding hydrogens is 364 g/mol. The summed E-state index contributed by atoms with van der Waals surface area (Å²) >= 11 is 0. The summed E-state index contributed by atoms with van der Waals surface area (Å²) < 4.78 is 0. The quantitative estimate of drug-likeness (QED) is 0.406. The summed E-state index contributed by atoms with van der Waals surface area (Å²) in [5, 5.41) is 20.5. The Morgan fingerprint density at radius 3 is 2.62 bits per heavy atom. The van der Waals surface area contributed by atoms with E-state index in [0.29, 0.717) is 18.1 Å². The molecule has 2 amide bonds. The average molecular weight is 407 g/mol. The highest BCUT2D eigenvalue weighted by molar-refractivity contribution is 5.74. The molecule has 0 aromatic heterocycles. The fourth-order valence-corrected chi connectivity index (χ4v) is 6.05. The third-order valence-corrected chi connectivity index (χ3v) is 7.60. The van der Waals surface area contributed by atoms with Gasteiger partial charge < -0.3 is 21.3 Å². The zero-order valence-corrected chi connectivity index (χ0v) is 18.1. The van der Waals surface area contributed by atoms with Gasteiger partial charge in [-0.15, -0.1) is 0 Å². The highest BCUT2D eigenvalue weighted by atomic mass is 16.2. The summed E-state index contributed by atoms with van der Waals surface area (Å²) in [6.45, 7) is 4.35. The molecule has 0 spiro atoms. The van der Waals surface area contributed by atoms with E-state index < -0.39 is 0 Å². The Kier molecular flexibility index (Phi) is 7.67. The van der Waals surface area contributed by atoms with Crippen LogP contribution in [-0.2, 0) is 0 Å². The summed E-state index contributed by atoms with van der Waals surface area (Å²) in [5.41, 5.74) is 0. The van der Waals surface area contributed by atoms with Crippen molar-refractivity contribution in [3.05, 3.63) is 0 Å². The number of hydrogen-bond donors (Lipinski definition) is 6. The first-order valence-electron chi connectivity index (χ1n) is 12.2. The van der Waals surface area contributed by atoms with Gasteiger partial charge >= 0.3 is 6.03 Å². The van der Waals surface area contributed by atoms with Crippen LogP contribution in [0.2, 0.25) is 0 Å². The lowest BCUT2D eigenvalue weighted by Crippen LogP contribution is -2.68. The molecule has 0 aromatic carbocycles. The molecule has 4 rings (SSSR count). The van der Waals surface area contributed by atoms with Gasteiger partial charge in [-0.3, -0.25) is 10.6 Å². The molecule has 4 fully saturated rings. The highest BCUT2D eigenvalue weighted by Gasteiger charge is 2.33. The normalized spacial score (nSPS) is 40.2. The molecule has 2 aliphatic heterocycles. The van der Waals surface area contributed by atoms with Crippen molar-refractivity contribution in [3.8, 4) is 0 Å². The van der Waals surface area contributed by atoms with E-state index >= 15 is 0 Å². The van der Waals surface area contributed by atoms with Gasteiger partial charge in [-0.25, -0.2) is 4.79 Å². The van der Waals surface area contributed by atoms with Gasteiger partial charge in [0.05, 0.1) is 6.17 Å². The lowest BCUT2D eigenvalue weighted by Gasteiger charge is -2.40. The minimum absolute atomic E-state index is 0.0442. The molecule has 7 unspecified atom stereocenters. The van der Waals surface area contributed by atoms with Crippen LogP contribution in [0.3, 0.4) is 0 Å². The first-order chi connectivity index (χ1) is 14.2. The minimum Gasteiger partial charge on any atom is -0.335 e. The fraction of sp³-hybridized carbons (Fsp3) is 0.955. The first kappa shape index (κ1) is 21.3. The molecule has 29 heavy (non-hydrogen) atoms. The zero-order chi connectivity index (χ0) is 20.1. The Morgan fingerprint density at radius 1 is 0.931 bits per heavy atom. The second kappa shape index (κ2) is 10.4. The van der Waals surface area contributed by atoms with E-state index in [9.17, 15) is 4.79 Å². The van der Waals surface area contributed by atoms with Crippen molar-refractivity contribution in [2.75, 3.05) is 13.1 Å². The Balaban J connectivity index is 1.17. The maximum Gasteiger partial charge on any atom is 0.317 e. The van der Waals surface area contributed by atoms with Crippen LogP contribution in [0.15, 0.2) is 0 Å². The number of nitrogens with one attached hydrogen (secondary N) is 6. The standard InChI is InChI=1S/C22H42N6O/c1-15-13-20(24-12-10-18-7-4-11-23-18)27-21(25-15)28-22(29)26-19-9-8-16-5-2-3-6-17(16)14-19/h15-21,23-25,27H,2-14H2,1H3,(H2,26,28,29). The molecule has 7 nitrogen and oxygen atoms in total. The predicted molar refractivity (Wildman–Crippen MR) is 116 cm³/mol. The second-order valence-corrected chi connectivity index (χ2v) is 9.92. The summed E-state index contributed by atoms with van der Waals surface area (Å²) in [6, 6.07) is 1.32. The number of carbonyl (C=O) groups excluding carboxylic acids is 1. The Hall–Kier alpha value is -0.890. The van der Waals surface area contributed by atoms with Crippen LogP contribution in [0.25, 0.3) is 0 Å². The van der Waals surface area contributed by atoms with E-state index in [1.54, 1.807) is 0 Å². The highest BCUT2D eigenvalue weighted by Crippen LogP contribution is 2.40. The van der Waals surface area contributed by atoms with Crippen molar-refractivity contribution in [3.63, 3.8) is 0 Å². The van der Waals surface area contributed by atoms with Crippen LogP contribution in [0.1, 0.15) is 77.6 Å². The largest absolute Gasteiger partial charge is 0.335 e. The van der Waals surface area contributed by atoms with Gasteiger partial charge in [0.25, 0.3) is 0 Å². The van der Waals surface area contributed by atoms with Crippen molar-refractivity contribution in [1.82, 2.24) is 31.9 Å². The number of hydrogen-bond acceptors (Lipinski definition) is 5. The van der Waals surface area contributed by atoms with E-state index in [-0.39, 0.29) is 18.5 Å². The molecule has 6 N–H and O–H groups in total. The second-order valence-electron chi connectivity index (χ2n) is 9.92. The molecule has 0 aromatic rings. The Morgan fingerprint density at radius 2 is 1.79 bits per heavy atom. The van der Waals surface area contributed by atoms with Crippen molar-refractivity contribution in [1.29, 1.82) is 0 Å². The zero-order valence-electron chi connectivity index (χ0n) is 18.1. The monoisotopic (exact) mass is 406 g/mol. The van der Waals surface area contributed by atoms with Gasteiger partial charge in [0.15, 0.2) is 0 Å². The van der Waals surface area contributed by atoms with Crippen LogP contribution in [0, 0.1) is 11.8 Å². The van der Waals surface area contributed by atoms with Crippen LogP contribution in [0.4, 0.5) is 4.79 Å². The third-order valence-electron chi connectivity index (χ3n) is 7.60. The molecule has 7 atom stereocenters. The predicted octanol–water partition coefficient (Wildman–Crippen LogP) is 1.96. The lowest BCUT2D eigenvalue weighted by molar-refractivity contribution is 0.141. The third kappa shape index (κ3) is 6.29. The summed E-state index contributed by atoms with van der Waals surface area (Å²) in [7, 11) is 0. The van der Waals surface area contributed by atoms with E-state index in [0.717, 1.165) is 37.8 Å². The van der Waals surface area contributed by atoms with E-state index in [1.165, 1.54) is 57.8 Å². The van der Waals surface area contributed by atoms with Crippen molar-refractivity contribution in [2.45, 2.75) is 108 Å². The molecular formula is C22H42N6O. The first-order valence-corrected chi connectivity index (χ1v) is 12.2. The van der Waals surface area contributed by atoms with Crippen molar-refractivity contribution in [2.24, 2.45) is 11.8 Å². The molecule has 2 saturated heterocycles. The van der Waals surface area contributed by atoms with Gasteiger partial charge in [-0.05, 0) is 76.8 Å². The number of urea groups is 1.